The van der Waals surface area contributed by atoms with E-state index in [4.69, 9.17) is 0 Å². The number of aliphatic hydroxyl groups is 1. The summed E-state index contributed by atoms with van der Waals surface area (Å²) in [6, 6.07) is 8.00. The van der Waals surface area contributed by atoms with E-state index >= 15 is 0 Å². The topological polar surface area (TPSA) is 49.3 Å². The molecule has 1 amide bonds. The van der Waals surface area contributed by atoms with Gasteiger partial charge in [-0.15, -0.1) is 0 Å². The number of hydrogen-bond donors (Lipinski definition) is 2. The lowest BCUT2D eigenvalue weighted by Crippen LogP contribution is -2.29. The van der Waals surface area contributed by atoms with Crippen LogP contribution in [0.25, 0.3) is 0 Å². The molecule has 112 valence electrons. The Hall–Kier alpha value is -1.72. The van der Waals surface area contributed by atoms with Crippen LogP contribution in [0.5, 0.6) is 0 Å². The maximum absolute atomic E-state index is 12.9. The maximum atomic E-state index is 12.9. The number of benzene rings is 1. The predicted molar refractivity (Wildman–Crippen MR) is 81.7 cm³/mol. The molecule has 2 atom stereocenters. The zero-order chi connectivity index (χ0) is 15.2. The van der Waals surface area contributed by atoms with Gasteiger partial charge in [0.2, 0.25) is 5.91 Å². The van der Waals surface area contributed by atoms with Gasteiger partial charge in [0.25, 0.3) is 0 Å². The van der Waals surface area contributed by atoms with Gasteiger partial charge in [0.05, 0.1) is 6.10 Å². The van der Waals surface area contributed by atoms with Crippen LogP contribution < -0.4 is 5.32 Å². The fourth-order valence-electron chi connectivity index (χ4n) is 2.05. The van der Waals surface area contributed by atoms with Crippen molar-refractivity contribution in [2.45, 2.75) is 25.4 Å². The molecule has 2 rings (SSSR count). The summed E-state index contributed by atoms with van der Waals surface area (Å²) in [5, 5.41) is 16.4. The summed E-state index contributed by atoms with van der Waals surface area (Å²) in [5.74, 6) is -0.403. The summed E-state index contributed by atoms with van der Waals surface area (Å²) in [6.45, 7) is 2.12. The molecule has 0 fully saturated rings. The summed E-state index contributed by atoms with van der Waals surface area (Å²) in [5.41, 5.74) is 1.73. The molecule has 0 aliphatic heterocycles. The zero-order valence-electron chi connectivity index (χ0n) is 11.8. The van der Waals surface area contributed by atoms with Gasteiger partial charge in [0, 0.05) is 13.0 Å². The number of aliphatic hydroxyl groups excluding tert-OH is 1. The molecule has 0 spiro atoms. The minimum atomic E-state index is -0.679. The Morgan fingerprint density at radius 1 is 1.29 bits per heavy atom. The van der Waals surface area contributed by atoms with Crippen molar-refractivity contribution in [3.63, 3.8) is 0 Å². The molecular formula is C16H18FNO2S. The number of nitrogens with one attached hydrogen (secondary N) is 1. The highest BCUT2D eigenvalue weighted by Crippen LogP contribution is 2.19. The van der Waals surface area contributed by atoms with Crippen LogP contribution in [-0.4, -0.2) is 17.6 Å². The van der Waals surface area contributed by atoms with Crippen molar-refractivity contribution < 1.29 is 14.3 Å². The fourth-order valence-corrected chi connectivity index (χ4v) is 2.76. The molecule has 2 N–H and O–H groups in total. The van der Waals surface area contributed by atoms with E-state index in [1.54, 1.807) is 12.1 Å². The molecule has 1 aromatic carbocycles. The Bertz CT molecular complexity index is 568. The van der Waals surface area contributed by atoms with Crippen LogP contribution in [-0.2, 0) is 4.79 Å². The number of amides is 1. The molecular weight excluding hydrogens is 289 g/mol. The molecule has 21 heavy (non-hydrogen) atoms. The summed E-state index contributed by atoms with van der Waals surface area (Å²) < 4.78 is 12.9. The largest absolute Gasteiger partial charge is 0.387 e. The highest BCUT2D eigenvalue weighted by molar-refractivity contribution is 7.07. The summed E-state index contributed by atoms with van der Waals surface area (Å²) in [7, 11) is 0. The van der Waals surface area contributed by atoms with Gasteiger partial charge in [0.1, 0.15) is 5.82 Å². The first-order chi connectivity index (χ1) is 10.1. The zero-order valence-corrected chi connectivity index (χ0v) is 12.6. The third-order valence-corrected chi connectivity index (χ3v) is 4.05. The van der Waals surface area contributed by atoms with Gasteiger partial charge in [-0.3, -0.25) is 4.79 Å². The summed E-state index contributed by atoms with van der Waals surface area (Å²) >= 11 is 1.51. The van der Waals surface area contributed by atoms with E-state index in [9.17, 15) is 14.3 Å². The molecule has 0 saturated heterocycles. The molecule has 0 bridgehead atoms. The van der Waals surface area contributed by atoms with Crippen molar-refractivity contribution in [3.8, 4) is 0 Å². The molecule has 0 aliphatic rings. The molecule has 0 aliphatic carbocycles. The fraction of sp³-hybridized carbons (Fsp3) is 0.312. The molecule has 0 saturated carbocycles. The Balaban J connectivity index is 1.80. The van der Waals surface area contributed by atoms with Gasteiger partial charge < -0.3 is 10.4 Å². The number of carbonyl (C=O) groups is 1. The van der Waals surface area contributed by atoms with Crippen LogP contribution in [0.1, 0.15) is 36.5 Å². The Kier molecular flexibility index (Phi) is 5.47. The van der Waals surface area contributed by atoms with E-state index in [2.05, 4.69) is 5.32 Å². The predicted octanol–water partition coefficient (Wildman–Crippen LogP) is 3.23. The second kappa shape index (κ2) is 7.33. The first-order valence-corrected chi connectivity index (χ1v) is 7.73. The summed E-state index contributed by atoms with van der Waals surface area (Å²) in [4.78, 5) is 11.9. The monoisotopic (exact) mass is 307 g/mol. The molecule has 1 heterocycles. The number of halogens is 1. The van der Waals surface area contributed by atoms with E-state index in [1.165, 1.54) is 23.5 Å². The van der Waals surface area contributed by atoms with Crippen LogP contribution in [0.2, 0.25) is 0 Å². The number of rotatable bonds is 6. The molecule has 3 nitrogen and oxygen atoms in total. The van der Waals surface area contributed by atoms with E-state index in [1.807, 2.05) is 23.8 Å². The maximum Gasteiger partial charge on any atom is 0.220 e. The van der Waals surface area contributed by atoms with Crippen molar-refractivity contribution in [2.75, 3.05) is 6.54 Å². The smallest absolute Gasteiger partial charge is 0.220 e. The van der Waals surface area contributed by atoms with Crippen LogP contribution in [0.3, 0.4) is 0 Å². The standard InChI is InChI=1S/C16H18FNO2S/c1-11(12-2-4-14(17)5-3-12)8-16(20)18-9-15(19)13-6-7-21-10-13/h2-7,10-11,15,19H,8-9H2,1H3,(H,18,20). The van der Waals surface area contributed by atoms with Crippen molar-refractivity contribution in [3.05, 3.63) is 58.0 Å². The minimum Gasteiger partial charge on any atom is -0.387 e. The Labute approximate surface area is 127 Å². The molecule has 5 heteroatoms. The highest BCUT2D eigenvalue weighted by Gasteiger charge is 2.13. The minimum absolute atomic E-state index is 0.00360. The van der Waals surface area contributed by atoms with E-state index in [-0.39, 0.29) is 24.2 Å². The second-order valence-electron chi connectivity index (χ2n) is 5.03. The van der Waals surface area contributed by atoms with Crippen molar-refractivity contribution >= 4 is 17.2 Å². The van der Waals surface area contributed by atoms with Gasteiger partial charge in [-0.05, 0) is 46.0 Å². The van der Waals surface area contributed by atoms with Crippen LogP contribution in [0, 0.1) is 5.82 Å². The highest BCUT2D eigenvalue weighted by atomic mass is 32.1. The molecule has 1 aromatic heterocycles. The lowest BCUT2D eigenvalue weighted by atomic mass is 9.97. The van der Waals surface area contributed by atoms with Gasteiger partial charge in [-0.1, -0.05) is 19.1 Å². The quantitative estimate of drug-likeness (QED) is 0.861. The first-order valence-electron chi connectivity index (χ1n) is 6.78. The van der Waals surface area contributed by atoms with Crippen LogP contribution >= 0.6 is 11.3 Å². The second-order valence-corrected chi connectivity index (χ2v) is 5.81. The van der Waals surface area contributed by atoms with Crippen molar-refractivity contribution in [1.29, 1.82) is 0 Å². The number of thiophene rings is 1. The molecule has 2 unspecified atom stereocenters. The van der Waals surface area contributed by atoms with Gasteiger partial charge in [-0.2, -0.15) is 11.3 Å². The van der Waals surface area contributed by atoms with Crippen molar-refractivity contribution in [1.82, 2.24) is 5.32 Å². The summed E-state index contributed by atoms with van der Waals surface area (Å²) in [6.07, 6.45) is -0.372. The SMILES string of the molecule is CC(CC(=O)NCC(O)c1ccsc1)c1ccc(F)cc1. The van der Waals surface area contributed by atoms with Crippen LogP contribution in [0.15, 0.2) is 41.1 Å². The van der Waals surface area contributed by atoms with Gasteiger partial charge in [-0.25, -0.2) is 4.39 Å². The molecule has 2 aromatic rings. The number of hydrogen-bond acceptors (Lipinski definition) is 3. The van der Waals surface area contributed by atoms with Crippen LogP contribution in [0.4, 0.5) is 4.39 Å². The third kappa shape index (κ3) is 4.65. The van der Waals surface area contributed by atoms with Gasteiger partial charge >= 0.3 is 0 Å². The molecule has 0 radical (unpaired) electrons. The van der Waals surface area contributed by atoms with Crippen molar-refractivity contribution in [2.24, 2.45) is 0 Å². The lowest BCUT2D eigenvalue weighted by molar-refractivity contribution is -0.121. The average molecular weight is 307 g/mol. The third-order valence-electron chi connectivity index (χ3n) is 3.35. The van der Waals surface area contributed by atoms with E-state index < -0.39 is 6.10 Å². The van der Waals surface area contributed by atoms with E-state index in [0.29, 0.717) is 6.42 Å². The van der Waals surface area contributed by atoms with E-state index in [0.717, 1.165) is 11.1 Å². The lowest BCUT2D eigenvalue weighted by Gasteiger charge is -2.14. The number of carbonyl (C=O) groups excluding carboxylic acids is 1. The first kappa shape index (κ1) is 15.7. The Morgan fingerprint density at radius 2 is 2.00 bits per heavy atom. The average Bonchev–Trinajstić information content (AvgIpc) is 2.99. The Morgan fingerprint density at radius 3 is 2.62 bits per heavy atom. The van der Waals surface area contributed by atoms with Gasteiger partial charge in [0.15, 0.2) is 0 Å². The normalized spacial score (nSPS) is 13.7.